The number of nitrogens with zero attached hydrogens (tertiary/aromatic N) is 2. The molecule has 7 nitrogen and oxygen atoms in total. The van der Waals surface area contributed by atoms with Crippen molar-refractivity contribution in [2.75, 3.05) is 17.3 Å². The Morgan fingerprint density at radius 1 is 1.42 bits per heavy atom. The number of anilines is 2. The summed E-state index contributed by atoms with van der Waals surface area (Å²) in [4.78, 5) is 14.6. The minimum Gasteiger partial charge on any atom is -0.364 e. The van der Waals surface area contributed by atoms with Crippen LogP contribution in [-0.4, -0.2) is 16.5 Å². The number of nitrogens with one attached hydrogen (secondary N) is 2. The maximum absolute atomic E-state index is 10.9. The van der Waals surface area contributed by atoms with Gasteiger partial charge in [-0.1, -0.05) is 25.7 Å². The number of pyridine rings is 1. The molecule has 1 aliphatic carbocycles. The maximum Gasteiger partial charge on any atom is 0.311 e. The van der Waals surface area contributed by atoms with Gasteiger partial charge in [-0.05, 0) is 18.4 Å². The Morgan fingerprint density at radius 3 is 2.79 bits per heavy atom. The van der Waals surface area contributed by atoms with Crippen LogP contribution < -0.4 is 16.6 Å². The second kappa shape index (κ2) is 6.33. The molecule has 0 spiro atoms. The fraction of sp³-hybridized carbons (Fsp3) is 0.583. The van der Waals surface area contributed by atoms with Crippen LogP contribution in [0.1, 0.15) is 32.1 Å². The second-order valence-corrected chi connectivity index (χ2v) is 4.83. The van der Waals surface area contributed by atoms with Crippen molar-refractivity contribution in [1.29, 1.82) is 0 Å². The number of aromatic nitrogens is 1. The summed E-state index contributed by atoms with van der Waals surface area (Å²) in [6, 6.07) is 2.89. The highest BCUT2D eigenvalue weighted by atomic mass is 16.6. The summed E-state index contributed by atoms with van der Waals surface area (Å²) in [7, 11) is 0. The van der Waals surface area contributed by atoms with Crippen molar-refractivity contribution >= 4 is 17.3 Å². The molecule has 0 unspecified atom stereocenters. The number of nitrogens with two attached hydrogens (primary N) is 1. The Hall–Kier alpha value is -1.89. The monoisotopic (exact) mass is 265 g/mol. The fourth-order valence-corrected chi connectivity index (χ4v) is 2.50. The van der Waals surface area contributed by atoms with Crippen LogP contribution in [-0.2, 0) is 0 Å². The largest absolute Gasteiger partial charge is 0.364 e. The van der Waals surface area contributed by atoms with Crippen LogP contribution >= 0.6 is 0 Å². The quantitative estimate of drug-likeness (QED) is 0.414. The number of nitrogen functional groups attached to an aromatic ring is 1. The summed E-state index contributed by atoms with van der Waals surface area (Å²) in [5.41, 5.74) is 2.37. The predicted octanol–water partition coefficient (Wildman–Crippen LogP) is 2.27. The molecule has 1 aliphatic rings. The van der Waals surface area contributed by atoms with E-state index in [0.717, 1.165) is 12.3 Å². The van der Waals surface area contributed by atoms with Gasteiger partial charge in [0.1, 0.15) is 5.82 Å². The molecule has 0 bridgehead atoms. The van der Waals surface area contributed by atoms with Gasteiger partial charge in [-0.3, -0.25) is 10.1 Å². The Kier molecular flexibility index (Phi) is 4.51. The highest BCUT2D eigenvalue weighted by Crippen LogP contribution is 2.28. The van der Waals surface area contributed by atoms with Gasteiger partial charge in [-0.25, -0.2) is 10.8 Å². The van der Waals surface area contributed by atoms with Gasteiger partial charge in [-0.15, -0.1) is 0 Å². The van der Waals surface area contributed by atoms with E-state index in [-0.39, 0.29) is 11.5 Å². The van der Waals surface area contributed by atoms with Gasteiger partial charge in [0.2, 0.25) is 5.82 Å². The summed E-state index contributed by atoms with van der Waals surface area (Å²) in [5.74, 6) is 6.69. The van der Waals surface area contributed by atoms with E-state index < -0.39 is 4.92 Å². The highest BCUT2D eigenvalue weighted by Gasteiger charge is 2.17. The van der Waals surface area contributed by atoms with Crippen molar-refractivity contribution in [3.8, 4) is 0 Å². The van der Waals surface area contributed by atoms with Gasteiger partial charge in [0, 0.05) is 12.6 Å². The average Bonchev–Trinajstić information content (AvgIpc) is 2.91. The molecule has 1 saturated carbocycles. The van der Waals surface area contributed by atoms with Crippen molar-refractivity contribution in [3.05, 3.63) is 22.2 Å². The third-order valence-corrected chi connectivity index (χ3v) is 3.54. The van der Waals surface area contributed by atoms with E-state index in [1.807, 2.05) is 0 Å². The first-order chi connectivity index (χ1) is 9.20. The molecular weight excluding hydrogens is 246 g/mol. The molecule has 7 heteroatoms. The van der Waals surface area contributed by atoms with Crippen molar-refractivity contribution in [1.82, 2.24) is 4.98 Å². The Balaban J connectivity index is 1.98. The molecule has 19 heavy (non-hydrogen) atoms. The van der Waals surface area contributed by atoms with Gasteiger partial charge in [0.25, 0.3) is 0 Å². The SMILES string of the molecule is NNc1ccc([N+](=O)[O-])c(NCCC2CCCC2)n1. The second-order valence-electron chi connectivity index (χ2n) is 4.83. The zero-order valence-corrected chi connectivity index (χ0v) is 10.8. The van der Waals surface area contributed by atoms with Gasteiger partial charge < -0.3 is 10.7 Å². The highest BCUT2D eigenvalue weighted by molar-refractivity contribution is 5.59. The average molecular weight is 265 g/mol. The van der Waals surface area contributed by atoms with Crippen molar-refractivity contribution in [3.63, 3.8) is 0 Å². The summed E-state index contributed by atoms with van der Waals surface area (Å²) in [6.07, 6.45) is 6.16. The molecule has 0 saturated heterocycles. The Morgan fingerprint density at radius 2 is 2.16 bits per heavy atom. The molecule has 0 radical (unpaired) electrons. The first kappa shape index (κ1) is 13.5. The molecule has 0 atom stereocenters. The van der Waals surface area contributed by atoms with Crippen molar-refractivity contribution in [2.24, 2.45) is 11.8 Å². The van der Waals surface area contributed by atoms with E-state index in [1.54, 1.807) is 0 Å². The third-order valence-electron chi connectivity index (χ3n) is 3.54. The van der Waals surface area contributed by atoms with Crippen molar-refractivity contribution in [2.45, 2.75) is 32.1 Å². The van der Waals surface area contributed by atoms with Crippen LogP contribution in [0.3, 0.4) is 0 Å². The lowest BCUT2D eigenvalue weighted by atomic mass is 10.0. The normalized spacial score (nSPS) is 15.4. The third kappa shape index (κ3) is 3.54. The van der Waals surface area contributed by atoms with E-state index >= 15 is 0 Å². The zero-order chi connectivity index (χ0) is 13.7. The van der Waals surface area contributed by atoms with Gasteiger partial charge in [0.05, 0.1) is 4.92 Å². The number of rotatable bonds is 6. The summed E-state index contributed by atoms with van der Waals surface area (Å²) in [6.45, 7) is 0.701. The minimum atomic E-state index is -0.439. The molecule has 4 N–H and O–H groups in total. The molecule has 0 amide bonds. The molecule has 1 aromatic heterocycles. The van der Waals surface area contributed by atoms with E-state index in [2.05, 4.69) is 15.7 Å². The number of hydrogen-bond donors (Lipinski definition) is 3. The minimum absolute atomic E-state index is 0.0228. The smallest absolute Gasteiger partial charge is 0.311 e. The van der Waals surface area contributed by atoms with Gasteiger partial charge >= 0.3 is 5.69 Å². The van der Waals surface area contributed by atoms with Crippen LogP contribution in [0.4, 0.5) is 17.3 Å². The van der Waals surface area contributed by atoms with Crippen LogP contribution in [0.15, 0.2) is 12.1 Å². The molecule has 2 rings (SSSR count). The van der Waals surface area contributed by atoms with Gasteiger partial charge in [0.15, 0.2) is 0 Å². The van der Waals surface area contributed by atoms with Crippen LogP contribution in [0.2, 0.25) is 0 Å². The maximum atomic E-state index is 10.9. The predicted molar refractivity (Wildman–Crippen MR) is 73.8 cm³/mol. The first-order valence-corrected chi connectivity index (χ1v) is 6.56. The summed E-state index contributed by atoms with van der Waals surface area (Å²) < 4.78 is 0. The zero-order valence-electron chi connectivity index (χ0n) is 10.8. The first-order valence-electron chi connectivity index (χ1n) is 6.56. The van der Waals surface area contributed by atoms with Gasteiger partial charge in [-0.2, -0.15) is 0 Å². The summed E-state index contributed by atoms with van der Waals surface area (Å²) >= 11 is 0. The molecule has 1 aromatic rings. The van der Waals surface area contributed by atoms with E-state index in [1.165, 1.54) is 37.8 Å². The molecule has 1 heterocycles. The fourth-order valence-electron chi connectivity index (χ4n) is 2.50. The lowest BCUT2D eigenvalue weighted by Gasteiger charge is -2.11. The van der Waals surface area contributed by atoms with Crippen molar-refractivity contribution < 1.29 is 4.92 Å². The van der Waals surface area contributed by atoms with Crippen LogP contribution in [0, 0.1) is 16.0 Å². The molecule has 1 fully saturated rings. The number of nitro groups is 1. The van der Waals surface area contributed by atoms with Crippen LogP contribution in [0.25, 0.3) is 0 Å². The van der Waals surface area contributed by atoms with Crippen LogP contribution in [0.5, 0.6) is 0 Å². The van der Waals surface area contributed by atoms with E-state index in [9.17, 15) is 10.1 Å². The number of hydrazine groups is 1. The summed E-state index contributed by atoms with van der Waals surface area (Å²) in [5, 5.41) is 14.0. The lowest BCUT2D eigenvalue weighted by Crippen LogP contribution is -2.13. The lowest BCUT2D eigenvalue weighted by molar-refractivity contribution is -0.384. The van der Waals surface area contributed by atoms with E-state index in [0.29, 0.717) is 12.4 Å². The Bertz CT molecular complexity index is 446. The Labute approximate surface area is 111 Å². The molecule has 0 aliphatic heterocycles. The standard InChI is InChI=1S/C12H19N5O2/c13-16-11-6-5-10(17(18)19)12(15-11)14-8-7-9-3-1-2-4-9/h5-6,9H,1-4,7-8,13H2,(H2,14,15,16). The molecule has 0 aromatic carbocycles. The molecular formula is C12H19N5O2. The van der Waals surface area contributed by atoms with E-state index in [4.69, 9.17) is 5.84 Å². The number of hydrogen-bond acceptors (Lipinski definition) is 6. The molecule has 104 valence electrons. The topological polar surface area (TPSA) is 106 Å².